The zero-order chi connectivity index (χ0) is 20.2. The molecule has 146 valence electrons. The van der Waals surface area contributed by atoms with E-state index >= 15 is 0 Å². The maximum absolute atomic E-state index is 12.2. The molecule has 3 aromatic rings. The lowest BCUT2D eigenvalue weighted by atomic mass is 10.2. The number of nitrogens with zero attached hydrogens (tertiary/aromatic N) is 3. The third-order valence-electron chi connectivity index (χ3n) is 4.33. The highest BCUT2D eigenvalue weighted by atomic mass is 16.5. The fraction of sp³-hybridized carbons (Fsp3) is 0.143. The number of amides is 2. The zero-order valence-electron chi connectivity index (χ0n) is 15.7. The van der Waals surface area contributed by atoms with Gasteiger partial charge in [0, 0.05) is 11.8 Å². The van der Waals surface area contributed by atoms with E-state index in [1.807, 2.05) is 30.3 Å². The Morgan fingerprint density at radius 2 is 2.10 bits per heavy atom. The molecule has 0 bridgehead atoms. The van der Waals surface area contributed by atoms with Crippen LogP contribution in [0.3, 0.4) is 0 Å². The summed E-state index contributed by atoms with van der Waals surface area (Å²) in [5.41, 5.74) is 2.77. The predicted molar refractivity (Wildman–Crippen MR) is 108 cm³/mol. The van der Waals surface area contributed by atoms with E-state index < -0.39 is 6.10 Å². The van der Waals surface area contributed by atoms with Crippen LogP contribution in [0, 0.1) is 0 Å². The third kappa shape index (κ3) is 4.49. The Morgan fingerprint density at radius 1 is 1.28 bits per heavy atom. The summed E-state index contributed by atoms with van der Waals surface area (Å²) < 4.78 is 7.21. The van der Waals surface area contributed by atoms with Crippen molar-refractivity contribution in [1.82, 2.24) is 15.0 Å². The van der Waals surface area contributed by atoms with Crippen molar-refractivity contribution in [2.24, 2.45) is 0 Å². The number of carbonyl (C=O) groups excluding carboxylic acids is 2. The lowest BCUT2D eigenvalue weighted by Gasteiger charge is -2.23. The molecule has 0 spiro atoms. The maximum Gasteiger partial charge on any atom is 0.265 e. The minimum absolute atomic E-state index is 0.223. The van der Waals surface area contributed by atoms with Gasteiger partial charge in [-0.05, 0) is 36.8 Å². The van der Waals surface area contributed by atoms with Gasteiger partial charge < -0.3 is 15.4 Å². The van der Waals surface area contributed by atoms with Crippen LogP contribution in [0.25, 0.3) is 6.08 Å². The highest BCUT2D eigenvalue weighted by molar-refractivity contribution is 6.03. The Morgan fingerprint density at radius 3 is 2.93 bits per heavy atom. The van der Waals surface area contributed by atoms with Gasteiger partial charge in [-0.1, -0.05) is 35.5 Å². The Labute approximate surface area is 167 Å². The molecule has 0 fully saturated rings. The molecule has 2 amide bonds. The van der Waals surface area contributed by atoms with E-state index in [0.717, 1.165) is 5.56 Å². The van der Waals surface area contributed by atoms with Gasteiger partial charge in [0.2, 0.25) is 5.91 Å². The summed E-state index contributed by atoms with van der Waals surface area (Å²) in [6.45, 7) is 2.28. The van der Waals surface area contributed by atoms with Crippen molar-refractivity contribution in [3.8, 4) is 5.75 Å². The van der Waals surface area contributed by atoms with Gasteiger partial charge in [0.05, 0.1) is 18.4 Å². The van der Waals surface area contributed by atoms with Crippen molar-refractivity contribution in [3.05, 3.63) is 72.1 Å². The average molecular weight is 389 g/mol. The number of benzene rings is 2. The molecule has 1 aromatic heterocycles. The average Bonchev–Trinajstić information content (AvgIpc) is 3.16. The SMILES string of the molecule is CC1Oc2ccc(NC(=O)C=Cc3cn(Cc4ccccc4)nn3)cc2NC1=O. The Hall–Kier alpha value is -3.94. The first-order valence-electron chi connectivity index (χ1n) is 9.11. The fourth-order valence-electron chi connectivity index (χ4n) is 2.87. The first-order chi connectivity index (χ1) is 14.1. The van der Waals surface area contributed by atoms with E-state index in [1.54, 1.807) is 42.1 Å². The molecule has 0 radical (unpaired) electrons. The fourth-order valence-corrected chi connectivity index (χ4v) is 2.87. The maximum atomic E-state index is 12.2. The molecule has 2 aromatic carbocycles. The molecule has 8 heteroatoms. The second kappa shape index (κ2) is 7.97. The van der Waals surface area contributed by atoms with Gasteiger partial charge in [-0.25, -0.2) is 4.68 Å². The molecule has 2 N–H and O–H groups in total. The number of hydrogen-bond donors (Lipinski definition) is 2. The molecule has 29 heavy (non-hydrogen) atoms. The molecule has 1 unspecified atom stereocenters. The van der Waals surface area contributed by atoms with E-state index in [-0.39, 0.29) is 11.8 Å². The van der Waals surface area contributed by atoms with Gasteiger partial charge in [0.25, 0.3) is 5.91 Å². The molecule has 0 aliphatic carbocycles. The first-order valence-corrected chi connectivity index (χ1v) is 9.11. The summed E-state index contributed by atoms with van der Waals surface area (Å²) in [6.07, 6.45) is 4.20. The van der Waals surface area contributed by atoms with Crippen molar-refractivity contribution in [3.63, 3.8) is 0 Å². The topological polar surface area (TPSA) is 98.1 Å². The molecule has 4 rings (SSSR count). The molecule has 1 atom stereocenters. The highest BCUT2D eigenvalue weighted by Gasteiger charge is 2.23. The summed E-state index contributed by atoms with van der Waals surface area (Å²) in [5.74, 6) is 0.0270. The monoisotopic (exact) mass is 389 g/mol. The number of nitrogens with one attached hydrogen (secondary N) is 2. The number of aromatic nitrogens is 3. The quantitative estimate of drug-likeness (QED) is 0.654. The predicted octanol–water partition coefficient (Wildman–Crippen LogP) is 2.70. The van der Waals surface area contributed by atoms with Gasteiger partial charge in [0.1, 0.15) is 11.4 Å². The third-order valence-corrected chi connectivity index (χ3v) is 4.33. The van der Waals surface area contributed by atoms with Crippen LogP contribution in [-0.2, 0) is 16.1 Å². The minimum Gasteiger partial charge on any atom is -0.479 e. The van der Waals surface area contributed by atoms with Crippen LogP contribution in [0.1, 0.15) is 18.2 Å². The van der Waals surface area contributed by atoms with Crippen LogP contribution >= 0.6 is 0 Å². The van der Waals surface area contributed by atoms with Crippen LogP contribution in [0.2, 0.25) is 0 Å². The number of ether oxygens (including phenoxy) is 1. The van der Waals surface area contributed by atoms with Crippen LogP contribution in [0.15, 0.2) is 60.8 Å². The largest absolute Gasteiger partial charge is 0.479 e. The number of hydrogen-bond acceptors (Lipinski definition) is 5. The molecule has 1 aliphatic heterocycles. The van der Waals surface area contributed by atoms with Gasteiger partial charge in [-0.2, -0.15) is 0 Å². The summed E-state index contributed by atoms with van der Waals surface area (Å²) in [5, 5.41) is 13.6. The zero-order valence-corrected chi connectivity index (χ0v) is 15.7. The van der Waals surface area contributed by atoms with Crippen molar-refractivity contribution >= 4 is 29.3 Å². The number of fused-ring (bicyclic) bond motifs is 1. The molecule has 0 saturated carbocycles. The van der Waals surface area contributed by atoms with Gasteiger partial charge >= 0.3 is 0 Å². The molecule has 2 heterocycles. The van der Waals surface area contributed by atoms with E-state index in [9.17, 15) is 9.59 Å². The van der Waals surface area contributed by atoms with Crippen LogP contribution in [0.5, 0.6) is 5.75 Å². The number of rotatable bonds is 5. The molecule has 0 saturated heterocycles. The van der Waals surface area contributed by atoms with E-state index in [0.29, 0.717) is 29.4 Å². The first kappa shape index (κ1) is 18.4. The second-order valence-electron chi connectivity index (χ2n) is 6.61. The molecule has 8 nitrogen and oxygen atoms in total. The number of carbonyl (C=O) groups is 2. The summed E-state index contributed by atoms with van der Waals surface area (Å²) in [4.78, 5) is 23.9. The molecular weight excluding hydrogens is 370 g/mol. The molecule has 1 aliphatic rings. The Balaban J connectivity index is 1.37. The normalized spacial score (nSPS) is 15.5. The van der Waals surface area contributed by atoms with Gasteiger partial charge in [-0.15, -0.1) is 5.10 Å². The van der Waals surface area contributed by atoms with Crippen LogP contribution < -0.4 is 15.4 Å². The number of anilines is 2. The van der Waals surface area contributed by atoms with Crippen molar-refractivity contribution in [2.75, 3.05) is 10.6 Å². The summed E-state index contributed by atoms with van der Waals surface area (Å²) in [7, 11) is 0. The highest BCUT2D eigenvalue weighted by Crippen LogP contribution is 2.32. The second-order valence-corrected chi connectivity index (χ2v) is 6.61. The van der Waals surface area contributed by atoms with Crippen molar-refractivity contribution < 1.29 is 14.3 Å². The Bertz CT molecular complexity index is 1070. The van der Waals surface area contributed by atoms with Crippen LogP contribution in [0.4, 0.5) is 11.4 Å². The van der Waals surface area contributed by atoms with Crippen molar-refractivity contribution in [1.29, 1.82) is 0 Å². The standard InChI is InChI=1S/C21H19N5O3/c1-14-21(28)23-18-11-16(7-9-19(18)29-14)22-20(27)10-8-17-13-26(25-24-17)12-15-5-3-2-4-6-15/h2-11,13-14H,12H2,1H3,(H,22,27)(H,23,28). The summed E-state index contributed by atoms with van der Waals surface area (Å²) in [6, 6.07) is 15.0. The van der Waals surface area contributed by atoms with Crippen LogP contribution in [-0.4, -0.2) is 32.9 Å². The van der Waals surface area contributed by atoms with E-state index in [4.69, 9.17) is 4.74 Å². The van der Waals surface area contributed by atoms with E-state index in [1.165, 1.54) is 6.08 Å². The van der Waals surface area contributed by atoms with E-state index in [2.05, 4.69) is 20.9 Å². The lowest BCUT2D eigenvalue weighted by molar-refractivity contribution is -0.122. The smallest absolute Gasteiger partial charge is 0.265 e. The molecular formula is C21H19N5O3. The van der Waals surface area contributed by atoms with Gasteiger partial charge in [0.15, 0.2) is 6.10 Å². The lowest BCUT2D eigenvalue weighted by Crippen LogP contribution is -2.34. The minimum atomic E-state index is -0.541. The Kier molecular flexibility index (Phi) is 5.07. The summed E-state index contributed by atoms with van der Waals surface area (Å²) >= 11 is 0. The van der Waals surface area contributed by atoms with Gasteiger partial charge in [-0.3, -0.25) is 9.59 Å². The van der Waals surface area contributed by atoms with Crippen molar-refractivity contribution in [2.45, 2.75) is 19.6 Å².